The zero-order chi connectivity index (χ0) is 16.7. The lowest BCUT2D eigenvalue weighted by Gasteiger charge is -2.22. The number of carboxylic acid groups (broad SMARTS) is 1. The number of aliphatic hydroxyl groups excluding tert-OH is 1. The van der Waals surface area contributed by atoms with Crippen molar-refractivity contribution in [3.63, 3.8) is 0 Å². The average molecular weight is 379 g/mol. The van der Waals surface area contributed by atoms with E-state index < -0.39 is 12.2 Å². The number of carbonyl (C=O) groups is 1. The SMILES string of the molecule is O=C(O)N(CCCc1ccc(Br)cc1)C[C@H](O)c1cccnc1. The number of hydrogen-bond donors (Lipinski definition) is 2. The fourth-order valence-electron chi connectivity index (χ4n) is 2.28. The van der Waals surface area contributed by atoms with Crippen LogP contribution in [0, 0.1) is 0 Å². The number of aromatic nitrogens is 1. The molecule has 0 radical (unpaired) electrons. The highest BCUT2D eigenvalue weighted by Gasteiger charge is 2.17. The van der Waals surface area contributed by atoms with Gasteiger partial charge in [-0.2, -0.15) is 0 Å². The van der Waals surface area contributed by atoms with Crippen molar-refractivity contribution in [2.75, 3.05) is 13.1 Å². The van der Waals surface area contributed by atoms with Crippen molar-refractivity contribution < 1.29 is 15.0 Å². The van der Waals surface area contributed by atoms with Crippen LogP contribution in [-0.2, 0) is 6.42 Å². The molecule has 1 atom stereocenters. The molecular formula is C17H19BrN2O3. The first kappa shape index (κ1) is 17.4. The molecule has 1 aromatic carbocycles. The van der Waals surface area contributed by atoms with Crippen LogP contribution in [0.1, 0.15) is 23.7 Å². The molecule has 0 saturated carbocycles. The van der Waals surface area contributed by atoms with Crippen molar-refractivity contribution in [3.8, 4) is 0 Å². The van der Waals surface area contributed by atoms with Gasteiger partial charge in [0.25, 0.3) is 0 Å². The van der Waals surface area contributed by atoms with Crippen LogP contribution in [0.3, 0.4) is 0 Å². The minimum absolute atomic E-state index is 0.0430. The third-order valence-corrected chi connectivity index (χ3v) is 4.07. The second-order valence-corrected chi connectivity index (χ2v) is 6.18. The Balaban J connectivity index is 1.86. The monoisotopic (exact) mass is 378 g/mol. The summed E-state index contributed by atoms with van der Waals surface area (Å²) in [5.41, 5.74) is 1.78. The molecule has 1 heterocycles. The quantitative estimate of drug-likeness (QED) is 0.773. The Morgan fingerprint density at radius 2 is 2.00 bits per heavy atom. The highest BCUT2D eigenvalue weighted by molar-refractivity contribution is 9.10. The molecule has 0 saturated heterocycles. The van der Waals surface area contributed by atoms with E-state index in [4.69, 9.17) is 0 Å². The molecule has 0 bridgehead atoms. The van der Waals surface area contributed by atoms with Crippen LogP contribution in [0.2, 0.25) is 0 Å². The summed E-state index contributed by atoms with van der Waals surface area (Å²) in [6.07, 6.45) is 2.76. The van der Waals surface area contributed by atoms with Gasteiger partial charge in [-0.05, 0) is 36.6 Å². The summed E-state index contributed by atoms with van der Waals surface area (Å²) in [7, 11) is 0. The van der Waals surface area contributed by atoms with Crippen LogP contribution in [0.5, 0.6) is 0 Å². The zero-order valence-corrected chi connectivity index (χ0v) is 14.2. The lowest BCUT2D eigenvalue weighted by atomic mass is 10.1. The molecular weight excluding hydrogens is 360 g/mol. The lowest BCUT2D eigenvalue weighted by molar-refractivity contribution is 0.0961. The topological polar surface area (TPSA) is 73.7 Å². The molecule has 23 heavy (non-hydrogen) atoms. The number of aryl methyl sites for hydroxylation is 1. The summed E-state index contributed by atoms with van der Waals surface area (Å²) in [5, 5.41) is 19.4. The van der Waals surface area contributed by atoms with Crippen molar-refractivity contribution in [1.82, 2.24) is 9.88 Å². The van der Waals surface area contributed by atoms with Gasteiger partial charge in [-0.3, -0.25) is 4.98 Å². The maximum Gasteiger partial charge on any atom is 0.407 e. The van der Waals surface area contributed by atoms with Crippen LogP contribution in [0.15, 0.2) is 53.3 Å². The predicted molar refractivity (Wildman–Crippen MR) is 91.3 cm³/mol. The largest absolute Gasteiger partial charge is 0.465 e. The van der Waals surface area contributed by atoms with Gasteiger partial charge in [0.2, 0.25) is 0 Å². The number of halogens is 1. The van der Waals surface area contributed by atoms with Crippen LogP contribution in [0.4, 0.5) is 4.79 Å². The molecule has 0 fully saturated rings. The van der Waals surface area contributed by atoms with Gasteiger partial charge in [-0.1, -0.05) is 34.1 Å². The fourth-order valence-corrected chi connectivity index (χ4v) is 2.54. The summed E-state index contributed by atoms with van der Waals surface area (Å²) in [6.45, 7) is 0.421. The first-order valence-corrected chi connectivity index (χ1v) is 8.16. The molecule has 2 rings (SSSR count). The van der Waals surface area contributed by atoms with Crippen molar-refractivity contribution in [3.05, 3.63) is 64.4 Å². The number of benzene rings is 1. The smallest absolute Gasteiger partial charge is 0.407 e. The molecule has 0 aliphatic carbocycles. The van der Waals surface area contributed by atoms with Crippen molar-refractivity contribution >= 4 is 22.0 Å². The third kappa shape index (κ3) is 5.65. The van der Waals surface area contributed by atoms with Gasteiger partial charge in [0.1, 0.15) is 0 Å². The summed E-state index contributed by atoms with van der Waals surface area (Å²) in [6, 6.07) is 11.4. The van der Waals surface area contributed by atoms with Crippen molar-refractivity contribution in [2.24, 2.45) is 0 Å². The van der Waals surface area contributed by atoms with E-state index >= 15 is 0 Å². The minimum atomic E-state index is -1.02. The van der Waals surface area contributed by atoms with E-state index in [1.165, 1.54) is 4.90 Å². The van der Waals surface area contributed by atoms with Gasteiger partial charge in [0.15, 0.2) is 0 Å². The Labute approximate surface area is 143 Å². The van der Waals surface area contributed by atoms with E-state index in [9.17, 15) is 15.0 Å². The van der Waals surface area contributed by atoms with E-state index in [1.807, 2.05) is 24.3 Å². The van der Waals surface area contributed by atoms with E-state index in [-0.39, 0.29) is 6.54 Å². The first-order chi connectivity index (χ1) is 11.1. The fraction of sp³-hybridized carbons (Fsp3) is 0.294. The lowest BCUT2D eigenvalue weighted by Crippen LogP contribution is -2.34. The van der Waals surface area contributed by atoms with Gasteiger partial charge < -0.3 is 15.1 Å². The Kier molecular flexibility index (Phi) is 6.55. The molecule has 1 amide bonds. The first-order valence-electron chi connectivity index (χ1n) is 7.36. The predicted octanol–water partition coefficient (Wildman–Crippen LogP) is 3.49. The molecule has 0 aliphatic rings. The molecule has 122 valence electrons. The molecule has 2 aromatic rings. The van der Waals surface area contributed by atoms with Crippen LogP contribution < -0.4 is 0 Å². The van der Waals surface area contributed by atoms with E-state index in [2.05, 4.69) is 20.9 Å². The summed E-state index contributed by atoms with van der Waals surface area (Å²) in [5.74, 6) is 0. The Morgan fingerprint density at radius 3 is 2.61 bits per heavy atom. The second kappa shape index (κ2) is 8.64. The number of nitrogens with zero attached hydrogens (tertiary/aromatic N) is 2. The highest BCUT2D eigenvalue weighted by atomic mass is 79.9. The van der Waals surface area contributed by atoms with Crippen LogP contribution in [-0.4, -0.2) is 39.3 Å². The number of hydrogen-bond acceptors (Lipinski definition) is 3. The van der Waals surface area contributed by atoms with Crippen molar-refractivity contribution in [2.45, 2.75) is 18.9 Å². The summed E-state index contributed by atoms with van der Waals surface area (Å²) in [4.78, 5) is 16.5. The van der Waals surface area contributed by atoms with Crippen LogP contribution >= 0.6 is 15.9 Å². The van der Waals surface area contributed by atoms with E-state index in [0.29, 0.717) is 18.5 Å². The Bertz CT molecular complexity index is 619. The molecule has 6 heteroatoms. The molecule has 2 N–H and O–H groups in total. The van der Waals surface area contributed by atoms with Gasteiger partial charge >= 0.3 is 6.09 Å². The average Bonchev–Trinajstić information content (AvgIpc) is 2.56. The number of rotatable bonds is 7. The van der Waals surface area contributed by atoms with E-state index in [1.54, 1.807) is 24.5 Å². The highest BCUT2D eigenvalue weighted by Crippen LogP contribution is 2.15. The molecule has 5 nitrogen and oxygen atoms in total. The number of pyridine rings is 1. The Morgan fingerprint density at radius 1 is 1.26 bits per heavy atom. The zero-order valence-electron chi connectivity index (χ0n) is 12.6. The molecule has 0 unspecified atom stereocenters. The van der Waals surface area contributed by atoms with Crippen molar-refractivity contribution in [1.29, 1.82) is 0 Å². The van der Waals surface area contributed by atoms with Gasteiger partial charge in [-0.15, -0.1) is 0 Å². The maximum atomic E-state index is 11.3. The Hall–Kier alpha value is -1.92. The second-order valence-electron chi connectivity index (χ2n) is 5.26. The number of aliphatic hydroxyl groups is 1. The molecule has 0 spiro atoms. The van der Waals surface area contributed by atoms with Gasteiger partial charge in [0, 0.05) is 29.0 Å². The normalized spacial score (nSPS) is 11.9. The summed E-state index contributed by atoms with van der Waals surface area (Å²) < 4.78 is 1.02. The standard InChI is InChI=1S/C17H19BrN2O3/c18-15-7-5-13(6-8-15)3-2-10-20(17(22)23)12-16(21)14-4-1-9-19-11-14/h1,4-9,11,16,21H,2-3,10,12H2,(H,22,23)/t16-/m0/s1. The summed E-state index contributed by atoms with van der Waals surface area (Å²) >= 11 is 3.39. The molecule has 0 aliphatic heterocycles. The van der Waals surface area contributed by atoms with Crippen LogP contribution in [0.25, 0.3) is 0 Å². The molecule has 1 aromatic heterocycles. The number of amides is 1. The van der Waals surface area contributed by atoms with E-state index in [0.717, 1.165) is 16.5 Å². The third-order valence-electron chi connectivity index (χ3n) is 3.54. The minimum Gasteiger partial charge on any atom is -0.465 e. The van der Waals surface area contributed by atoms with Gasteiger partial charge in [0.05, 0.1) is 12.6 Å². The maximum absolute atomic E-state index is 11.3. The van der Waals surface area contributed by atoms with Gasteiger partial charge in [-0.25, -0.2) is 4.79 Å².